The molecule has 1 atom stereocenters. The van der Waals surface area contributed by atoms with E-state index in [0.717, 1.165) is 6.42 Å². The monoisotopic (exact) mass is 268 g/mol. The van der Waals surface area contributed by atoms with Crippen LogP contribution in [-0.4, -0.2) is 15.7 Å². The fourth-order valence-corrected chi connectivity index (χ4v) is 3.07. The molecule has 102 valence electrons. The van der Waals surface area contributed by atoms with Crippen LogP contribution in [0, 0.1) is 11.3 Å². The molecule has 1 saturated carbocycles. The molecule has 0 aliphatic heterocycles. The standard InChI is InChI=1S/C15H25ClN2/c1-12(2)15(3,11-16)10-13-8-9-18(17-13)14-6-4-5-7-14/h8-9,12,14H,4-7,10-11H2,1-3H3. The SMILES string of the molecule is CC(C)C(C)(CCl)Cc1ccn(C2CCCC2)n1. The Morgan fingerprint density at radius 2 is 2.11 bits per heavy atom. The first-order chi connectivity index (χ1) is 8.55. The molecule has 0 bridgehead atoms. The van der Waals surface area contributed by atoms with Crippen molar-refractivity contribution in [2.24, 2.45) is 11.3 Å². The molecule has 0 radical (unpaired) electrons. The number of hydrogen-bond donors (Lipinski definition) is 0. The molecule has 0 amide bonds. The van der Waals surface area contributed by atoms with E-state index in [1.165, 1.54) is 31.4 Å². The molecule has 1 heterocycles. The third kappa shape index (κ3) is 2.90. The second-order valence-corrected chi connectivity index (χ2v) is 6.61. The molecule has 3 heteroatoms. The van der Waals surface area contributed by atoms with Gasteiger partial charge in [-0.3, -0.25) is 4.68 Å². The lowest BCUT2D eigenvalue weighted by Gasteiger charge is -2.30. The summed E-state index contributed by atoms with van der Waals surface area (Å²) < 4.78 is 2.18. The van der Waals surface area contributed by atoms with Crippen LogP contribution in [0.4, 0.5) is 0 Å². The number of alkyl halides is 1. The largest absolute Gasteiger partial charge is 0.269 e. The van der Waals surface area contributed by atoms with Crippen LogP contribution in [0.25, 0.3) is 0 Å². The molecule has 2 nitrogen and oxygen atoms in total. The van der Waals surface area contributed by atoms with Crippen molar-refractivity contribution in [2.75, 3.05) is 5.88 Å². The van der Waals surface area contributed by atoms with Crippen molar-refractivity contribution in [3.8, 4) is 0 Å². The van der Waals surface area contributed by atoms with Gasteiger partial charge in [-0.05, 0) is 36.7 Å². The second kappa shape index (κ2) is 5.64. The molecule has 0 spiro atoms. The zero-order chi connectivity index (χ0) is 13.2. The zero-order valence-corrected chi connectivity index (χ0v) is 12.6. The number of nitrogens with zero attached hydrogens (tertiary/aromatic N) is 2. The summed E-state index contributed by atoms with van der Waals surface area (Å²) in [6, 6.07) is 2.81. The lowest BCUT2D eigenvalue weighted by atomic mass is 9.77. The molecule has 1 aliphatic carbocycles. The lowest BCUT2D eigenvalue weighted by molar-refractivity contribution is 0.250. The Balaban J connectivity index is 2.05. The normalized spacial score (nSPS) is 20.5. The molecule has 0 N–H and O–H groups in total. The van der Waals surface area contributed by atoms with Gasteiger partial charge in [-0.2, -0.15) is 5.10 Å². The van der Waals surface area contributed by atoms with Gasteiger partial charge in [0.1, 0.15) is 0 Å². The summed E-state index contributed by atoms with van der Waals surface area (Å²) in [4.78, 5) is 0. The Morgan fingerprint density at radius 1 is 1.44 bits per heavy atom. The molecule has 2 rings (SSSR count). The van der Waals surface area contributed by atoms with Gasteiger partial charge in [0.25, 0.3) is 0 Å². The van der Waals surface area contributed by atoms with Crippen molar-refractivity contribution >= 4 is 11.6 Å². The maximum atomic E-state index is 6.15. The van der Waals surface area contributed by atoms with E-state index in [9.17, 15) is 0 Å². The van der Waals surface area contributed by atoms with Crippen LogP contribution in [0.1, 0.15) is 58.2 Å². The van der Waals surface area contributed by atoms with Gasteiger partial charge in [0.15, 0.2) is 0 Å². The Bertz CT molecular complexity index is 380. The Labute approximate surface area is 116 Å². The molecule has 1 aliphatic rings. The van der Waals surface area contributed by atoms with Crippen LogP contribution in [0.5, 0.6) is 0 Å². The van der Waals surface area contributed by atoms with Gasteiger partial charge in [0.2, 0.25) is 0 Å². The average molecular weight is 269 g/mol. The molecule has 18 heavy (non-hydrogen) atoms. The van der Waals surface area contributed by atoms with E-state index < -0.39 is 0 Å². The first kappa shape index (κ1) is 13.9. The van der Waals surface area contributed by atoms with Crippen LogP contribution in [0.2, 0.25) is 0 Å². The molecular formula is C15H25ClN2. The van der Waals surface area contributed by atoms with Gasteiger partial charge in [0.05, 0.1) is 11.7 Å². The molecule has 1 aromatic heterocycles. The van der Waals surface area contributed by atoms with Crippen LogP contribution >= 0.6 is 11.6 Å². The van der Waals surface area contributed by atoms with Crippen molar-refractivity contribution in [2.45, 2.75) is 58.9 Å². The predicted octanol–water partition coefficient (Wildman–Crippen LogP) is 4.44. The summed E-state index contributed by atoms with van der Waals surface area (Å²) in [7, 11) is 0. The summed E-state index contributed by atoms with van der Waals surface area (Å²) in [5.74, 6) is 1.27. The zero-order valence-electron chi connectivity index (χ0n) is 11.8. The molecule has 1 unspecified atom stereocenters. The fourth-order valence-electron chi connectivity index (χ4n) is 2.66. The summed E-state index contributed by atoms with van der Waals surface area (Å²) in [6.07, 6.45) is 8.42. The first-order valence-corrected chi connectivity index (χ1v) is 7.68. The highest BCUT2D eigenvalue weighted by Crippen LogP contribution is 2.33. The topological polar surface area (TPSA) is 17.8 Å². The third-order valence-electron chi connectivity index (χ3n) is 4.65. The molecule has 1 fully saturated rings. The highest BCUT2D eigenvalue weighted by atomic mass is 35.5. The number of halogens is 1. The Hall–Kier alpha value is -0.500. The molecule has 0 aromatic carbocycles. The first-order valence-electron chi connectivity index (χ1n) is 7.15. The minimum atomic E-state index is 0.149. The van der Waals surface area contributed by atoms with Gasteiger partial charge in [-0.25, -0.2) is 0 Å². The van der Waals surface area contributed by atoms with E-state index >= 15 is 0 Å². The summed E-state index contributed by atoms with van der Waals surface area (Å²) in [5, 5.41) is 4.77. The Morgan fingerprint density at radius 3 is 2.67 bits per heavy atom. The molecule has 1 aromatic rings. The van der Waals surface area contributed by atoms with E-state index in [4.69, 9.17) is 16.7 Å². The summed E-state index contributed by atoms with van der Waals surface area (Å²) in [6.45, 7) is 6.76. The Kier molecular flexibility index (Phi) is 4.37. The molecule has 0 saturated heterocycles. The van der Waals surface area contributed by atoms with E-state index in [1.54, 1.807) is 0 Å². The van der Waals surface area contributed by atoms with Crippen molar-refractivity contribution in [1.29, 1.82) is 0 Å². The minimum absolute atomic E-state index is 0.149. The van der Waals surface area contributed by atoms with Crippen LogP contribution in [0.15, 0.2) is 12.3 Å². The van der Waals surface area contributed by atoms with E-state index in [-0.39, 0.29) is 5.41 Å². The summed E-state index contributed by atoms with van der Waals surface area (Å²) >= 11 is 6.15. The smallest absolute Gasteiger partial charge is 0.0630 e. The van der Waals surface area contributed by atoms with E-state index in [1.807, 2.05) is 0 Å². The van der Waals surface area contributed by atoms with Crippen molar-refractivity contribution in [3.05, 3.63) is 18.0 Å². The summed E-state index contributed by atoms with van der Waals surface area (Å²) in [5.41, 5.74) is 1.34. The minimum Gasteiger partial charge on any atom is -0.269 e. The van der Waals surface area contributed by atoms with Gasteiger partial charge in [-0.15, -0.1) is 11.6 Å². The van der Waals surface area contributed by atoms with Crippen molar-refractivity contribution in [3.63, 3.8) is 0 Å². The maximum Gasteiger partial charge on any atom is 0.0630 e. The highest BCUT2D eigenvalue weighted by molar-refractivity contribution is 6.18. The van der Waals surface area contributed by atoms with Crippen LogP contribution in [0.3, 0.4) is 0 Å². The number of hydrogen-bond acceptors (Lipinski definition) is 1. The van der Waals surface area contributed by atoms with Crippen molar-refractivity contribution < 1.29 is 0 Å². The predicted molar refractivity (Wildman–Crippen MR) is 77.1 cm³/mol. The third-order valence-corrected chi connectivity index (χ3v) is 5.26. The average Bonchev–Trinajstić information content (AvgIpc) is 2.97. The maximum absolute atomic E-state index is 6.15. The van der Waals surface area contributed by atoms with Gasteiger partial charge in [0, 0.05) is 12.1 Å². The lowest BCUT2D eigenvalue weighted by Crippen LogP contribution is -2.28. The van der Waals surface area contributed by atoms with Crippen molar-refractivity contribution in [1.82, 2.24) is 9.78 Å². The highest BCUT2D eigenvalue weighted by Gasteiger charge is 2.29. The molecular weight excluding hydrogens is 244 g/mol. The van der Waals surface area contributed by atoms with Gasteiger partial charge < -0.3 is 0 Å². The number of aromatic nitrogens is 2. The quantitative estimate of drug-likeness (QED) is 0.722. The van der Waals surface area contributed by atoms with Gasteiger partial charge >= 0.3 is 0 Å². The van der Waals surface area contributed by atoms with Crippen LogP contribution < -0.4 is 0 Å². The van der Waals surface area contributed by atoms with Gasteiger partial charge in [-0.1, -0.05) is 33.6 Å². The fraction of sp³-hybridized carbons (Fsp3) is 0.800. The van der Waals surface area contributed by atoms with Crippen LogP contribution in [-0.2, 0) is 6.42 Å². The second-order valence-electron chi connectivity index (χ2n) is 6.34. The van der Waals surface area contributed by atoms with E-state index in [0.29, 0.717) is 17.8 Å². The number of rotatable bonds is 5. The van der Waals surface area contributed by atoms with E-state index in [2.05, 4.69) is 37.7 Å².